The minimum atomic E-state index is -0.539. The Hall–Kier alpha value is -3.24. The second-order valence-corrected chi connectivity index (χ2v) is 9.79. The molecule has 168 valence electrons. The quantitative estimate of drug-likeness (QED) is 0.319. The summed E-state index contributed by atoms with van der Waals surface area (Å²) in [5.41, 5.74) is 4.51. The topological polar surface area (TPSA) is 50.4 Å². The van der Waals surface area contributed by atoms with Crippen molar-refractivity contribution in [1.82, 2.24) is 0 Å². The van der Waals surface area contributed by atoms with Gasteiger partial charge in [-0.2, -0.15) is 0 Å². The van der Waals surface area contributed by atoms with E-state index in [0.717, 1.165) is 27.1 Å². The molecule has 1 N–H and O–H groups in total. The third-order valence-corrected chi connectivity index (χ3v) is 6.86. The summed E-state index contributed by atoms with van der Waals surface area (Å²) in [5, 5.41) is 10.9. The van der Waals surface area contributed by atoms with E-state index in [2.05, 4.69) is 45.9 Å². The predicted molar refractivity (Wildman–Crippen MR) is 136 cm³/mol. The van der Waals surface area contributed by atoms with Gasteiger partial charge in [0.25, 0.3) is 0 Å². The molecule has 3 aromatic carbocycles. The maximum Gasteiger partial charge on any atom is 0.354 e. The lowest BCUT2D eigenvalue weighted by Crippen LogP contribution is -2.04. The monoisotopic (exact) mass is 456 g/mol. The van der Waals surface area contributed by atoms with E-state index in [1.54, 1.807) is 6.07 Å². The molecule has 0 radical (unpaired) electrons. The van der Waals surface area contributed by atoms with Crippen LogP contribution in [0.4, 0.5) is 0 Å². The van der Waals surface area contributed by atoms with E-state index in [4.69, 9.17) is 4.42 Å². The number of hydrogen-bond acceptors (Lipinski definition) is 4. The van der Waals surface area contributed by atoms with E-state index in [9.17, 15) is 9.90 Å². The predicted octanol–water partition coefficient (Wildman–Crippen LogP) is 8.08. The highest BCUT2D eigenvalue weighted by Crippen LogP contribution is 2.40. The summed E-state index contributed by atoms with van der Waals surface area (Å²) < 4.78 is 5.75. The molecule has 1 heterocycles. The molecule has 0 aliphatic rings. The van der Waals surface area contributed by atoms with Crippen molar-refractivity contribution in [1.29, 1.82) is 0 Å². The summed E-state index contributed by atoms with van der Waals surface area (Å²) in [6.07, 6.45) is 0. The molecule has 3 nitrogen and oxygen atoms in total. The Morgan fingerprint density at radius 2 is 1.45 bits per heavy atom. The zero-order chi connectivity index (χ0) is 23.5. The minimum Gasteiger partial charge on any atom is -0.506 e. The molecule has 0 amide bonds. The van der Waals surface area contributed by atoms with Gasteiger partial charge >= 0.3 is 5.63 Å². The van der Waals surface area contributed by atoms with Crippen LogP contribution >= 0.6 is 11.8 Å². The fourth-order valence-electron chi connectivity index (χ4n) is 3.85. The Labute approximate surface area is 199 Å². The molecule has 0 bridgehead atoms. The van der Waals surface area contributed by atoms with Crippen molar-refractivity contribution in [3.05, 3.63) is 100 Å². The first-order valence-electron chi connectivity index (χ1n) is 11.2. The Kier molecular flexibility index (Phi) is 6.75. The summed E-state index contributed by atoms with van der Waals surface area (Å²) in [6.45, 7) is 8.54. The molecule has 1 aromatic heterocycles. The van der Waals surface area contributed by atoms with Gasteiger partial charge in [0.15, 0.2) is 0 Å². The zero-order valence-corrected chi connectivity index (χ0v) is 20.1. The lowest BCUT2D eigenvalue weighted by Gasteiger charge is -2.16. The average Bonchev–Trinajstić information content (AvgIpc) is 2.81. The molecular formula is C29H28O3S. The van der Waals surface area contributed by atoms with E-state index in [1.807, 2.05) is 54.6 Å². The summed E-state index contributed by atoms with van der Waals surface area (Å²) >= 11 is 1.28. The third-order valence-electron chi connectivity index (χ3n) is 5.70. The normalized spacial score (nSPS) is 11.3. The first kappa shape index (κ1) is 22.9. The van der Waals surface area contributed by atoms with Crippen molar-refractivity contribution >= 4 is 11.8 Å². The Balaban J connectivity index is 1.77. The van der Waals surface area contributed by atoms with Gasteiger partial charge < -0.3 is 9.52 Å². The molecule has 4 rings (SSSR count). The van der Waals surface area contributed by atoms with E-state index < -0.39 is 5.63 Å². The van der Waals surface area contributed by atoms with Crippen molar-refractivity contribution < 1.29 is 9.52 Å². The Morgan fingerprint density at radius 1 is 0.788 bits per heavy atom. The fraction of sp³-hybridized carbons (Fsp3) is 0.207. The minimum absolute atomic E-state index is 0.0706. The summed E-state index contributed by atoms with van der Waals surface area (Å²) in [5.74, 6) is 0.937. The van der Waals surface area contributed by atoms with E-state index in [-0.39, 0.29) is 10.6 Å². The number of aromatic hydroxyl groups is 1. The molecule has 0 unspecified atom stereocenters. The molecule has 4 heteroatoms. The van der Waals surface area contributed by atoms with Crippen molar-refractivity contribution in [2.75, 3.05) is 0 Å². The van der Waals surface area contributed by atoms with Gasteiger partial charge in [0.05, 0.1) is 0 Å². The van der Waals surface area contributed by atoms with Crippen LogP contribution in [0, 0.1) is 0 Å². The van der Waals surface area contributed by atoms with Gasteiger partial charge in [0.2, 0.25) is 0 Å². The van der Waals surface area contributed by atoms with Crippen LogP contribution in [0.1, 0.15) is 50.7 Å². The van der Waals surface area contributed by atoms with Crippen LogP contribution in [0.3, 0.4) is 0 Å². The summed E-state index contributed by atoms with van der Waals surface area (Å²) in [4.78, 5) is 14.2. The van der Waals surface area contributed by atoms with Gasteiger partial charge in [-0.25, -0.2) is 4.79 Å². The van der Waals surface area contributed by atoms with Gasteiger partial charge in [-0.3, -0.25) is 0 Å². The Morgan fingerprint density at radius 3 is 2.09 bits per heavy atom. The lowest BCUT2D eigenvalue weighted by molar-refractivity contribution is 0.430. The van der Waals surface area contributed by atoms with Crippen molar-refractivity contribution in [3.63, 3.8) is 0 Å². The average molecular weight is 457 g/mol. The lowest BCUT2D eigenvalue weighted by atomic mass is 9.97. The zero-order valence-electron chi connectivity index (χ0n) is 19.3. The standard InChI is InChI=1S/C29H28O3S/c1-18(2)21-14-15-22(19(3)4)27(16-21)33-28-25(30)17-26(32-29(28)31)24-13-9-8-12-23(24)20-10-6-5-7-11-20/h5-19,30H,1-4H3. The molecular weight excluding hydrogens is 428 g/mol. The Bertz CT molecular complexity index is 1320. The number of benzene rings is 3. The van der Waals surface area contributed by atoms with Gasteiger partial charge in [-0.05, 0) is 40.2 Å². The molecule has 33 heavy (non-hydrogen) atoms. The molecule has 0 atom stereocenters. The highest BCUT2D eigenvalue weighted by Gasteiger charge is 2.19. The molecule has 0 spiro atoms. The van der Waals surface area contributed by atoms with Gasteiger partial charge in [-0.15, -0.1) is 0 Å². The van der Waals surface area contributed by atoms with Crippen LogP contribution in [-0.4, -0.2) is 5.11 Å². The molecule has 4 aromatic rings. The maximum atomic E-state index is 13.0. The second kappa shape index (κ2) is 9.72. The molecule has 0 fully saturated rings. The van der Waals surface area contributed by atoms with Gasteiger partial charge in [0.1, 0.15) is 16.4 Å². The first-order valence-corrected chi connectivity index (χ1v) is 12.0. The van der Waals surface area contributed by atoms with Crippen LogP contribution in [0.15, 0.2) is 97.9 Å². The molecule has 0 saturated heterocycles. The summed E-state index contributed by atoms with van der Waals surface area (Å²) in [6, 6.07) is 25.6. The van der Waals surface area contributed by atoms with Crippen LogP contribution in [0.25, 0.3) is 22.5 Å². The van der Waals surface area contributed by atoms with Crippen molar-refractivity contribution in [3.8, 4) is 28.2 Å². The van der Waals surface area contributed by atoms with E-state index in [0.29, 0.717) is 17.6 Å². The van der Waals surface area contributed by atoms with E-state index in [1.165, 1.54) is 17.3 Å². The van der Waals surface area contributed by atoms with Crippen LogP contribution in [0.5, 0.6) is 5.75 Å². The van der Waals surface area contributed by atoms with Gasteiger partial charge in [0, 0.05) is 16.5 Å². The molecule has 0 aliphatic carbocycles. The maximum absolute atomic E-state index is 13.0. The molecule has 0 aliphatic heterocycles. The largest absolute Gasteiger partial charge is 0.506 e. The SMILES string of the molecule is CC(C)c1ccc(C(C)C)c(Sc2c(O)cc(-c3ccccc3-c3ccccc3)oc2=O)c1. The molecule has 0 saturated carbocycles. The van der Waals surface area contributed by atoms with Crippen LogP contribution in [0.2, 0.25) is 0 Å². The summed E-state index contributed by atoms with van der Waals surface area (Å²) in [7, 11) is 0. The second-order valence-electron chi connectivity index (χ2n) is 8.73. The van der Waals surface area contributed by atoms with Gasteiger partial charge in [-0.1, -0.05) is 106 Å². The third kappa shape index (κ3) is 4.91. The highest BCUT2D eigenvalue weighted by atomic mass is 32.2. The number of rotatable bonds is 6. The number of hydrogen-bond donors (Lipinski definition) is 1. The van der Waals surface area contributed by atoms with E-state index >= 15 is 0 Å². The van der Waals surface area contributed by atoms with Crippen LogP contribution in [-0.2, 0) is 0 Å². The van der Waals surface area contributed by atoms with Crippen molar-refractivity contribution in [2.24, 2.45) is 0 Å². The highest BCUT2D eigenvalue weighted by molar-refractivity contribution is 7.99. The smallest absolute Gasteiger partial charge is 0.354 e. The fourth-order valence-corrected chi connectivity index (χ4v) is 4.97. The van der Waals surface area contributed by atoms with Crippen molar-refractivity contribution in [2.45, 2.75) is 49.3 Å². The van der Waals surface area contributed by atoms with Crippen LogP contribution < -0.4 is 5.63 Å². The first-order chi connectivity index (χ1) is 15.8.